The van der Waals surface area contributed by atoms with E-state index in [-0.39, 0.29) is 16.8 Å². The molecule has 1 aliphatic rings. The third-order valence-electron chi connectivity index (χ3n) is 5.50. The number of nitrogens with two attached hydrogens (primary N) is 1. The van der Waals surface area contributed by atoms with E-state index in [9.17, 15) is 19.7 Å². The van der Waals surface area contributed by atoms with Crippen LogP contribution in [0.3, 0.4) is 0 Å². The molecule has 4 N–H and O–H groups in total. The zero-order valence-electron chi connectivity index (χ0n) is 16.2. The average molecular weight is 415 g/mol. The predicted octanol–water partition coefficient (Wildman–Crippen LogP) is 2.56. The number of imide groups is 1. The van der Waals surface area contributed by atoms with Gasteiger partial charge in [-0.1, -0.05) is 18.2 Å². The van der Waals surface area contributed by atoms with Gasteiger partial charge in [0, 0.05) is 70.5 Å². The number of hydrogen-bond donors (Lipinski definition) is 3. The molecule has 0 spiro atoms. The first-order valence-corrected chi connectivity index (χ1v) is 9.63. The summed E-state index contributed by atoms with van der Waals surface area (Å²) in [4.78, 5) is 39.7. The van der Waals surface area contributed by atoms with Gasteiger partial charge in [0.15, 0.2) is 0 Å². The molecule has 0 fully saturated rings. The van der Waals surface area contributed by atoms with Crippen molar-refractivity contribution < 1.29 is 14.5 Å². The highest BCUT2D eigenvalue weighted by Crippen LogP contribution is 2.39. The number of nitro benzene ring substituents is 1. The normalized spacial score (nSPS) is 14.1. The number of non-ortho nitro benzene ring substituents is 1. The summed E-state index contributed by atoms with van der Waals surface area (Å²) in [5.74, 6) is -1.04. The van der Waals surface area contributed by atoms with Crippen molar-refractivity contribution in [3.63, 3.8) is 0 Å². The summed E-state index contributed by atoms with van der Waals surface area (Å²) < 4.78 is 1.84. The number of hydrogen-bond acceptors (Lipinski definition) is 5. The molecule has 2 aromatic heterocycles. The summed E-state index contributed by atoms with van der Waals surface area (Å²) in [6, 6.07) is 11.9. The quantitative estimate of drug-likeness (QED) is 0.261. The molecule has 0 atom stereocenters. The maximum Gasteiger partial charge on any atom is 0.270 e. The molecule has 154 valence electrons. The standard InChI is InChI=1S/C22H17N5O4/c23-7-8-26-11-16(14-9-12(27(30)31)5-6-18(14)26)20-19(21(28)25-22(20)29)15-10-24-17-4-2-1-3-13(15)17/h1-6,9-11,24H,7-8,23H2,(H,25,28,29). The maximum atomic E-state index is 12.9. The van der Waals surface area contributed by atoms with Gasteiger partial charge >= 0.3 is 0 Å². The zero-order valence-corrected chi connectivity index (χ0v) is 16.2. The lowest BCUT2D eigenvalue weighted by atomic mass is 9.95. The Hall–Kier alpha value is -4.24. The van der Waals surface area contributed by atoms with Gasteiger partial charge in [0.1, 0.15) is 0 Å². The van der Waals surface area contributed by atoms with Gasteiger partial charge in [-0.05, 0) is 12.1 Å². The molecule has 2 amide bonds. The molecule has 0 radical (unpaired) electrons. The molecule has 4 aromatic rings. The summed E-state index contributed by atoms with van der Waals surface area (Å²) in [6.45, 7) is 0.805. The molecule has 31 heavy (non-hydrogen) atoms. The van der Waals surface area contributed by atoms with E-state index in [0.29, 0.717) is 35.1 Å². The second-order valence-electron chi connectivity index (χ2n) is 7.26. The molecule has 0 unspecified atom stereocenters. The largest absolute Gasteiger partial charge is 0.361 e. The summed E-state index contributed by atoms with van der Waals surface area (Å²) >= 11 is 0. The van der Waals surface area contributed by atoms with Gasteiger partial charge in [-0.2, -0.15) is 0 Å². The van der Waals surface area contributed by atoms with Gasteiger partial charge < -0.3 is 15.3 Å². The first kappa shape index (κ1) is 18.8. The Morgan fingerprint density at radius 2 is 1.74 bits per heavy atom. The van der Waals surface area contributed by atoms with Crippen LogP contribution in [0, 0.1) is 10.1 Å². The van der Waals surface area contributed by atoms with Crippen LogP contribution in [0.5, 0.6) is 0 Å². The van der Waals surface area contributed by atoms with Gasteiger partial charge in [-0.3, -0.25) is 25.0 Å². The average Bonchev–Trinajstić information content (AvgIpc) is 3.41. The number of nitrogens with zero attached hydrogens (tertiary/aromatic N) is 2. The van der Waals surface area contributed by atoms with Crippen molar-refractivity contribution in [2.45, 2.75) is 6.54 Å². The topological polar surface area (TPSA) is 136 Å². The second-order valence-corrected chi connectivity index (χ2v) is 7.26. The van der Waals surface area contributed by atoms with Gasteiger partial charge in [0.2, 0.25) is 0 Å². The lowest BCUT2D eigenvalue weighted by Crippen LogP contribution is -2.22. The molecule has 0 saturated carbocycles. The molecule has 0 saturated heterocycles. The third kappa shape index (κ3) is 2.82. The number of benzene rings is 2. The fourth-order valence-electron chi connectivity index (χ4n) is 4.17. The van der Waals surface area contributed by atoms with Crippen molar-refractivity contribution in [3.8, 4) is 0 Å². The van der Waals surface area contributed by atoms with Crippen LogP contribution in [0.1, 0.15) is 11.1 Å². The maximum absolute atomic E-state index is 12.9. The first-order chi connectivity index (χ1) is 15.0. The summed E-state index contributed by atoms with van der Waals surface area (Å²) in [5, 5.41) is 15.0. The number of carbonyl (C=O) groups is 2. The predicted molar refractivity (Wildman–Crippen MR) is 116 cm³/mol. The molecule has 9 nitrogen and oxygen atoms in total. The van der Waals surface area contributed by atoms with Gasteiger partial charge in [0.25, 0.3) is 17.5 Å². The Morgan fingerprint density at radius 3 is 2.48 bits per heavy atom. The third-order valence-corrected chi connectivity index (χ3v) is 5.50. The van der Waals surface area contributed by atoms with Crippen LogP contribution in [-0.2, 0) is 16.1 Å². The number of nitrogens with one attached hydrogen (secondary N) is 2. The fourth-order valence-corrected chi connectivity index (χ4v) is 4.17. The van der Waals surface area contributed by atoms with Crippen LogP contribution in [0.4, 0.5) is 5.69 Å². The van der Waals surface area contributed by atoms with Crippen LogP contribution >= 0.6 is 0 Å². The molecule has 2 aromatic carbocycles. The van der Waals surface area contributed by atoms with Crippen molar-refractivity contribution in [1.82, 2.24) is 14.9 Å². The number of para-hydroxylation sites is 1. The Balaban J connectivity index is 1.84. The fraction of sp³-hybridized carbons (Fsp3) is 0.0909. The van der Waals surface area contributed by atoms with E-state index < -0.39 is 16.7 Å². The van der Waals surface area contributed by atoms with E-state index in [0.717, 1.165) is 10.9 Å². The Morgan fingerprint density at radius 1 is 1.00 bits per heavy atom. The van der Waals surface area contributed by atoms with E-state index in [1.54, 1.807) is 18.5 Å². The number of rotatable bonds is 5. The number of aromatic amines is 1. The Labute approximate surface area is 175 Å². The minimum atomic E-state index is -0.538. The first-order valence-electron chi connectivity index (χ1n) is 9.63. The van der Waals surface area contributed by atoms with E-state index in [1.807, 2.05) is 28.8 Å². The van der Waals surface area contributed by atoms with E-state index in [4.69, 9.17) is 5.73 Å². The Bertz CT molecular complexity index is 1440. The van der Waals surface area contributed by atoms with Crippen LogP contribution in [0.15, 0.2) is 54.9 Å². The summed E-state index contributed by atoms with van der Waals surface area (Å²) in [5.41, 5.74) is 8.64. The summed E-state index contributed by atoms with van der Waals surface area (Å²) in [7, 11) is 0. The van der Waals surface area contributed by atoms with Gasteiger partial charge in [-0.25, -0.2) is 0 Å². The number of carbonyl (C=O) groups excluding carboxylic acids is 2. The van der Waals surface area contributed by atoms with Crippen LogP contribution in [-0.4, -0.2) is 32.8 Å². The number of fused-ring (bicyclic) bond motifs is 2. The highest BCUT2D eigenvalue weighted by molar-refractivity contribution is 6.50. The second kappa shape index (κ2) is 6.92. The van der Waals surface area contributed by atoms with Gasteiger partial charge in [-0.15, -0.1) is 0 Å². The molecule has 0 aliphatic carbocycles. The molecule has 0 bridgehead atoms. The van der Waals surface area contributed by atoms with Crippen molar-refractivity contribution in [2.75, 3.05) is 6.54 Å². The van der Waals surface area contributed by atoms with Crippen molar-refractivity contribution >= 4 is 50.5 Å². The monoisotopic (exact) mass is 415 g/mol. The lowest BCUT2D eigenvalue weighted by molar-refractivity contribution is -0.384. The highest BCUT2D eigenvalue weighted by Gasteiger charge is 2.35. The molecule has 1 aliphatic heterocycles. The number of amides is 2. The molecule has 9 heteroatoms. The zero-order chi connectivity index (χ0) is 21.7. The van der Waals surface area contributed by atoms with Crippen molar-refractivity contribution in [1.29, 1.82) is 0 Å². The van der Waals surface area contributed by atoms with E-state index in [1.165, 1.54) is 12.1 Å². The molecular weight excluding hydrogens is 398 g/mol. The summed E-state index contributed by atoms with van der Waals surface area (Å²) in [6.07, 6.45) is 3.42. The molecular formula is C22H17N5O4. The van der Waals surface area contributed by atoms with Crippen LogP contribution in [0.25, 0.3) is 33.0 Å². The van der Waals surface area contributed by atoms with Crippen molar-refractivity contribution in [2.24, 2.45) is 5.73 Å². The minimum absolute atomic E-state index is 0.0989. The highest BCUT2D eigenvalue weighted by atomic mass is 16.6. The van der Waals surface area contributed by atoms with Crippen LogP contribution in [0.2, 0.25) is 0 Å². The number of aromatic nitrogens is 2. The Kier molecular flexibility index (Phi) is 4.19. The molecule has 3 heterocycles. The van der Waals surface area contributed by atoms with E-state index >= 15 is 0 Å². The van der Waals surface area contributed by atoms with Gasteiger partial charge in [0.05, 0.1) is 16.1 Å². The smallest absolute Gasteiger partial charge is 0.270 e. The number of nitro groups is 1. The minimum Gasteiger partial charge on any atom is -0.361 e. The lowest BCUT2D eigenvalue weighted by Gasteiger charge is -2.03. The van der Waals surface area contributed by atoms with E-state index in [2.05, 4.69) is 10.3 Å². The number of H-pyrrole nitrogens is 1. The molecule has 5 rings (SSSR count). The SMILES string of the molecule is NCCn1cc(C2=C(c3c[nH]c4ccccc34)C(=O)NC2=O)c2cc([N+](=O)[O-])ccc21. The van der Waals surface area contributed by atoms with Crippen molar-refractivity contribution in [3.05, 3.63) is 76.1 Å². The van der Waals surface area contributed by atoms with Crippen LogP contribution < -0.4 is 11.1 Å².